The summed E-state index contributed by atoms with van der Waals surface area (Å²) in [6.45, 7) is 3.52. The van der Waals surface area contributed by atoms with Crippen molar-refractivity contribution in [3.8, 4) is 0 Å². The van der Waals surface area contributed by atoms with Crippen LogP contribution in [0.25, 0.3) is 0 Å². The first-order valence-electron chi connectivity index (χ1n) is 10.8. The molecule has 25 heavy (non-hydrogen) atoms. The molecule has 0 aromatic carbocycles. The molecule has 2 aliphatic heterocycles. The Morgan fingerprint density at radius 2 is 1.16 bits per heavy atom. The fraction of sp³-hybridized carbons (Fsp3) is 0.905. The van der Waals surface area contributed by atoms with Gasteiger partial charge in [0.1, 0.15) is 0 Å². The predicted octanol–water partition coefficient (Wildman–Crippen LogP) is 2.92. The molecule has 0 spiro atoms. The molecule has 0 radical (unpaired) electrons. The number of hydrogen-bond acceptors (Lipinski definition) is 2. The maximum atomic E-state index is 13.3. The van der Waals surface area contributed by atoms with Gasteiger partial charge in [-0.3, -0.25) is 9.59 Å². The second kappa shape index (κ2) is 6.28. The van der Waals surface area contributed by atoms with Gasteiger partial charge < -0.3 is 9.80 Å². The number of nitrogens with zero attached hydrogens (tertiary/aromatic N) is 2. The van der Waals surface area contributed by atoms with Crippen LogP contribution in [0.5, 0.6) is 0 Å². The molecule has 138 valence electrons. The van der Waals surface area contributed by atoms with E-state index >= 15 is 0 Å². The molecule has 0 N–H and O–H groups in total. The molecule has 4 bridgehead atoms. The number of amides is 2. The van der Waals surface area contributed by atoms with Crippen molar-refractivity contribution in [2.45, 2.75) is 57.8 Å². The zero-order valence-electron chi connectivity index (χ0n) is 15.4. The fourth-order valence-corrected chi connectivity index (χ4v) is 7.08. The van der Waals surface area contributed by atoms with Crippen LogP contribution in [0.1, 0.15) is 57.8 Å². The highest BCUT2D eigenvalue weighted by atomic mass is 16.2. The van der Waals surface area contributed by atoms with Gasteiger partial charge in [0.15, 0.2) is 0 Å². The first-order chi connectivity index (χ1) is 12.2. The lowest BCUT2D eigenvalue weighted by Crippen LogP contribution is -2.53. The molecule has 2 heterocycles. The quantitative estimate of drug-likeness (QED) is 0.773. The molecule has 0 atom stereocenters. The van der Waals surface area contributed by atoms with Crippen LogP contribution < -0.4 is 0 Å². The molecule has 2 amide bonds. The van der Waals surface area contributed by atoms with Crippen molar-refractivity contribution in [1.82, 2.24) is 9.80 Å². The van der Waals surface area contributed by atoms with E-state index in [0.29, 0.717) is 29.6 Å². The van der Waals surface area contributed by atoms with Gasteiger partial charge in [0.2, 0.25) is 11.8 Å². The Hall–Kier alpha value is -1.06. The summed E-state index contributed by atoms with van der Waals surface area (Å²) < 4.78 is 0. The minimum absolute atomic E-state index is 0.167. The van der Waals surface area contributed by atoms with Crippen LogP contribution in [0.2, 0.25) is 0 Å². The van der Waals surface area contributed by atoms with Crippen LogP contribution in [-0.2, 0) is 9.59 Å². The summed E-state index contributed by atoms with van der Waals surface area (Å²) in [5.74, 6) is 4.49. The summed E-state index contributed by atoms with van der Waals surface area (Å²) in [7, 11) is 0. The molecule has 6 fully saturated rings. The lowest BCUT2D eigenvalue weighted by Gasteiger charge is -2.54. The van der Waals surface area contributed by atoms with Gasteiger partial charge in [0.25, 0.3) is 0 Å². The van der Waals surface area contributed by atoms with Gasteiger partial charge >= 0.3 is 0 Å². The first kappa shape index (κ1) is 16.1. The summed E-state index contributed by atoms with van der Waals surface area (Å²) in [5.41, 5.74) is 0. The van der Waals surface area contributed by atoms with Crippen LogP contribution >= 0.6 is 0 Å². The third kappa shape index (κ3) is 2.80. The van der Waals surface area contributed by atoms with Crippen molar-refractivity contribution in [1.29, 1.82) is 0 Å². The number of piperidine rings is 1. The highest BCUT2D eigenvalue weighted by Crippen LogP contribution is 2.57. The summed E-state index contributed by atoms with van der Waals surface area (Å²) >= 11 is 0. The molecular formula is C21H32N2O2. The van der Waals surface area contributed by atoms with E-state index in [-0.39, 0.29) is 5.92 Å². The topological polar surface area (TPSA) is 40.6 Å². The van der Waals surface area contributed by atoms with Crippen LogP contribution in [0.4, 0.5) is 0 Å². The molecule has 4 saturated carbocycles. The molecule has 0 unspecified atom stereocenters. The Morgan fingerprint density at radius 3 is 1.72 bits per heavy atom. The fourth-order valence-electron chi connectivity index (χ4n) is 7.08. The number of carbonyl (C=O) groups is 2. The number of rotatable bonds is 2. The Balaban J connectivity index is 1.19. The smallest absolute Gasteiger partial charge is 0.226 e. The molecule has 6 aliphatic rings. The lowest BCUT2D eigenvalue weighted by molar-refractivity contribution is -0.152. The van der Waals surface area contributed by atoms with E-state index in [1.165, 1.54) is 32.1 Å². The molecule has 6 rings (SSSR count). The Morgan fingerprint density at radius 1 is 0.640 bits per heavy atom. The zero-order valence-corrected chi connectivity index (χ0v) is 15.4. The maximum Gasteiger partial charge on any atom is 0.226 e. The monoisotopic (exact) mass is 344 g/mol. The van der Waals surface area contributed by atoms with Crippen LogP contribution in [-0.4, -0.2) is 47.8 Å². The van der Waals surface area contributed by atoms with Crippen molar-refractivity contribution in [3.05, 3.63) is 0 Å². The van der Waals surface area contributed by atoms with Crippen molar-refractivity contribution in [3.63, 3.8) is 0 Å². The van der Waals surface area contributed by atoms with Crippen molar-refractivity contribution in [2.75, 3.05) is 26.2 Å². The van der Waals surface area contributed by atoms with Gasteiger partial charge in [-0.1, -0.05) is 0 Å². The summed E-state index contributed by atoms with van der Waals surface area (Å²) in [6, 6.07) is 0. The van der Waals surface area contributed by atoms with E-state index in [9.17, 15) is 9.59 Å². The minimum Gasteiger partial charge on any atom is -0.342 e. The van der Waals surface area contributed by atoms with E-state index in [2.05, 4.69) is 9.80 Å². The summed E-state index contributed by atoms with van der Waals surface area (Å²) in [4.78, 5) is 30.0. The number of carbonyl (C=O) groups excluding carboxylic acids is 2. The van der Waals surface area contributed by atoms with Gasteiger partial charge in [0, 0.05) is 38.0 Å². The molecule has 0 aromatic heterocycles. The lowest BCUT2D eigenvalue weighted by atomic mass is 9.51. The third-order valence-corrected chi connectivity index (χ3v) is 8.09. The highest BCUT2D eigenvalue weighted by Gasteiger charge is 2.51. The van der Waals surface area contributed by atoms with Crippen molar-refractivity contribution >= 4 is 11.8 Å². The minimum atomic E-state index is 0.167. The molecule has 2 saturated heterocycles. The summed E-state index contributed by atoms with van der Waals surface area (Å²) in [6.07, 6.45) is 10.8. The molecule has 4 aliphatic carbocycles. The Labute approximate surface area is 151 Å². The predicted molar refractivity (Wildman–Crippen MR) is 95.7 cm³/mol. The second-order valence-electron chi connectivity index (χ2n) is 9.59. The maximum absolute atomic E-state index is 13.3. The summed E-state index contributed by atoms with van der Waals surface area (Å²) in [5, 5.41) is 0. The van der Waals surface area contributed by atoms with Crippen LogP contribution in [0.3, 0.4) is 0 Å². The van der Waals surface area contributed by atoms with E-state index < -0.39 is 0 Å². The first-order valence-corrected chi connectivity index (χ1v) is 10.8. The average Bonchev–Trinajstić information content (AvgIpc) is 3.15. The number of hydrogen-bond donors (Lipinski definition) is 0. The zero-order chi connectivity index (χ0) is 17.0. The van der Waals surface area contributed by atoms with Crippen molar-refractivity contribution < 1.29 is 9.59 Å². The third-order valence-electron chi connectivity index (χ3n) is 8.09. The van der Waals surface area contributed by atoms with Gasteiger partial charge in [-0.15, -0.1) is 0 Å². The van der Waals surface area contributed by atoms with E-state index in [0.717, 1.165) is 63.7 Å². The van der Waals surface area contributed by atoms with E-state index in [1.807, 2.05) is 0 Å². The molecule has 4 heteroatoms. The Bertz CT molecular complexity index is 518. The highest BCUT2D eigenvalue weighted by molar-refractivity contribution is 5.82. The molecule has 0 aromatic rings. The molecular weight excluding hydrogens is 312 g/mol. The molecule has 4 nitrogen and oxygen atoms in total. The standard InChI is InChI=1S/C21H32N2O2/c24-20(22-5-1-2-6-22)16-3-7-23(8-4-16)21(25)19-17-10-14-9-15(12-17)13-18(19)11-14/h14-19H,1-13H2. The van der Waals surface area contributed by atoms with Crippen LogP contribution in [0, 0.1) is 35.5 Å². The van der Waals surface area contributed by atoms with Gasteiger partial charge in [0.05, 0.1) is 0 Å². The second-order valence-corrected chi connectivity index (χ2v) is 9.59. The average molecular weight is 344 g/mol. The van der Waals surface area contributed by atoms with Crippen molar-refractivity contribution in [2.24, 2.45) is 35.5 Å². The largest absolute Gasteiger partial charge is 0.342 e. The van der Waals surface area contributed by atoms with Gasteiger partial charge in [-0.05, 0) is 81.5 Å². The Kier molecular flexibility index (Phi) is 4.05. The van der Waals surface area contributed by atoms with E-state index in [4.69, 9.17) is 0 Å². The van der Waals surface area contributed by atoms with Gasteiger partial charge in [-0.25, -0.2) is 0 Å². The van der Waals surface area contributed by atoms with Crippen LogP contribution in [0.15, 0.2) is 0 Å². The van der Waals surface area contributed by atoms with Gasteiger partial charge in [-0.2, -0.15) is 0 Å². The van der Waals surface area contributed by atoms with E-state index in [1.54, 1.807) is 0 Å². The SMILES string of the molecule is O=C(C1CCN(C(=O)C2C3CC4CC(C3)CC2C4)CC1)N1CCCC1. The number of likely N-dealkylation sites (tertiary alicyclic amines) is 2. The normalized spacial score (nSPS) is 40.7.